The Morgan fingerprint density at radius 3 is 2.55 bits per heavy atom. The predicted octanol–water partition coefficient (Wildman–Crippen LogP) is 1.62. The maximum Gasteiger partial charge on any atom is 0.211 e. The van der Waals surface area contributed by atoms with Gasteiger partial charge in [0.1, 0.15) is 5.82 Å². The van der Waals surface area contributed by atoms with Crippen LogP contribution in [0.1, 0.15) is 19.7 Å². The van der Waals surface area contributed by atoms with Crippen LogP contribution in [0.2, 0.25) is 0 Å². The van der Waals surface area contributed by atoms with E-state index in [2.05, 4.69) is 46.5 Å². The largest absolute Gasteiger partial charge is 0.252 e. The summed E-state index contributed by atoms with van der Waals surface area (Å²) >= 11 is 2.13. The van der Waals surface area contributed by atoms with Gasteiger partial charge in [-0.15, -0.1) is 5.10 Å². The van der Waals surface area contributed by atoms with Crippen LogP contribution < -0.4 is 0 Å². The van der Waals surface area contributed by atoms with E-state index in [-0.39, 0.29) is 0 Å². The van der Waals surface area contributed by atoms with Crippen LogP contribution in [0.25, 0.3) is 0 Å². The lowest BCUT2D eigenvalue weighted by Crippen LogP contribution is -2.03. The zero-order valence-electron chi connectivity index (χ0n) is 7.00. The van der Waals surface area contributed by atoms with Gasteiger partial charge in [-0.1, -0.05) is 13.8 Å². The molecule has 0 radical (unpaired) electrons. The van der Waals surface area contributed by atoms with Crippen LogP contribution in [-0.4, -0.2) is 14.8 Å². The minimum atomic E-state index is 0.647. The Balaban J connectivity index is 2.77. The molecule has 1 rings (SSSR count). The van der Waals surface area contributed by atoms with Crippen molar-refractivity contribution in [2.75, 3.05) is 0 Å². The fourth-order valence-electron chi connectivity index (χ4n) is 0.926. The second-order valence-electron chi connectivity index (χ2n) is 3.02. The highest BCUT2D eigenvalue weighted by Gasteiger charge is 2.05. The summed E-state index contributed by atoms with van der Waals surface area (Å²) in [6, 6.07) is 0. The van der Waals surface area contributed by atoms with E-state index in [4.69, 9.17) is 0 Å². The summed E-state index contributed by atoms with van der Waals surface area (Å²) in [5.74, 6) is 1.72. The molecule has 0 saturated carbocycles. The molecule has 0 aliphatic heterocycles. The number of aryl methyl sites for hydroxylation is 1. The number of halogens is 1. The molecule has 3 nitrogen and oxygen atoms in total. The Kier molecular flexibility index (Phi) is 2.86. The van der Waals surface area contributed by atoms with Crippen molar-refractivity contribution in [3.8, 4) is 0 Å². The van der Waals surface area contributed by atoms with Gasteiger partial charge < -0.3 is 0 Å². The van der Waals surface area contributed by atoms with Gasteiger partial charge in [0.2, 0.25) is 3.83 Å². The molecule has 0 saturated heterocycles. The first kappa shape index (κ1) is 8.96. The first-order valence-corrected chi connectivity index (χ1v) is 4.73. The zero-order chi connectivity index (χ0) is 8.43. The van der Waals surface area contributed by atoms with E-state index in [0.29, 0.717) is 5.92 Å². The fraction of sp³-hybridized carbons (Fsp3) is 0.714. The van der Waals surface area contributed by atoms with Gasteiger partial charge in [-0.2, -0.15) is 0 Å². The third-order valence-electron chi connectivity index (χ3n) is 1.42. The number of nitrogens with zero attached hydrogens (tertiary/aromatic N) is 3. The molecule has 0 aliphatic rings. The van der Waals surface area contributed by atoms with E-state index < -0.39 is 0 Å². The van der Waals surface area contributed by atoms with Crippen molar-refractivity contribution >= 4 is 22.6 Å². The molecule has 4 heteroatoms. The van der Waals surface area contributed by atoms with Crippen molar-refractivity contribution in [1.82, 2.24) is 14.8 Å². The second kappa shape index (κ2) is 3.51. The van der Waals surface area contributed by atoms with E-state index >= 15 is 0 Å². The molecule has 0 aliphatic carbocycles. The molecule has 1 aromatic heterocycles. The summed E-state index contributed by atoms with van der Waals surface area (Å²) in [6.07, 6.45) is 1.01. The Morgan fingerprint density at radius 2 is 2.18 bits per heavy atom. The van der Waals surface area contributed by atoms with Gasteiger partial charge in [-0.3, -0.25) is 4.68 Å². The molecular formula is C7H12IN3. The quantitative estimate of drug-likeness (QED) is 0.761. The standard InChI is InChI=1S/C7H12IN3/c1-5(2)4-6-9-7(8)10-11(6)3/h5H,4H2,1-3H3. The lowest BCUT2D eigenvalue weighted by atomic mass is 10.1. The van der Waals surface area contributed by atoms with Gasteiger partial charge in [-0.05, 0) is 5.92 Å². The number of hydrogen-bond donors (Lipinski definition) is 0. The van der Waals surface area contributed by atoms with Crippen LogP contribution in [0.15, 0.2) is 0 Å². The minimum absolute atomic E-state index is 0.647. The molecule has 0 unspecified atom stereocenters. The summed E-state index contributed by atoms with van der Waals surface area (Å²) < 4.78 is 2.68. The normalized spacial score (nSPS) is 11.0. The Morgan fingerprint density at radius 1 is 1.55 bits per heavy atom. The van der Waals surface area contributed by atoms with Crippen molar-refractivity contribution in [1.29, 1.82) is 0 Å². The molecular weight excluding hydrogens is 253 g/mol. The highest BCUT2D eigenvalue weighted by atomic mass is 127. The average Bonchev–Trinajstić information content (AvgIpc) is 2.09. The second-order valence-corrected chi connectivity index (χ2v) is 3.98. The fourth-order valence-corrected chi connectivity index (χ4v) is 1.53. The first-order valence-electron chi connectivity index (χ1n) is 3.65. The molecule has 0 spiro atoms. The third kappa shape index (κ3) is 2.43. The molecule has 62 valence electrons. The third-order valence-corrected chi connectivity index (χ3v) is 1.88. The van der Waals surface area contributed by atoms with Crippen LogP contribution >= 0.6 is 22.6 Å². The van der Waals surface area contributed by atoms with E-state index in [1.807, 2.05) is 11.7 Å². The molecule has 0 atom stereocenters. The number of rotatable bonds is 2. The lowest BCUT2D eigenvalue weighted by molar-refractivity contribution is 0.584. The molecule has 0 N–H and O–H groups in total. The monoisotopic (exact) mass is 265 g/mol. The van der Waals surface area contributed by atoms with Crippen molar-refractivity contribution < 1.29 is 0 Å². The minimum Gasteiger partial charge on any atom is -0.252 e. The number of aromatic nitrogens is 3. The zero-order valence-corrected chi connectivity index (χ0v) is 9.16. The molecule has 0 aromatic carbocycles. The van der Waals surface area contributed by atoms with E-state index in [0.717, 1.165) is 16.1 Å². The predicted molar refractivity (Wildman–Crippen MR) is 52.3 cm³/mol. The summed E-state index contributed by atoms with van der Waals surface area (Å²) in [7, 11) is 1.94. The Labute approximate surface area is 80.3 Å². The van der Waals surface area contributed by atoms with Crippen molar-refractivity contribution in [3.63, 3.8) is 0 Å². The topological polar surface area (TPSA) is 30.7 Å². The summed E-state index contributed by atoms with van der Waals surface area (Å²) in [6.45, 7) is 4.36. The molecule has 0 amide bonds. The van der Waals surface area contributed by atoms with Crippen LogP contribution in [0, 0.1) is 9.75 Å². The highest BCUT2D eigenvalue weighted by Crippen LogP contribution is 2.05. The van der Waals surface area contributed by atoms with Crippen LogP contribution in [0.4, 0.5) is 0 Å². The highest BCUT2D eigenvalue weighted by molar-refractivity contribution is 14.1. The maximum absolute atomic E-state index is 4.29. The average molecular weight is 265 g/mol. The molecule has 1 heterocycles. The van der Waals surface area contributed by atoms with Gasteiger partial charge in [0.05, 0.1) is 0 Å². The van der Waals surface area contributed by atoms with Crippen molar-refractivity contribution in [2.45, 2.75) is 20.3 Å². The summed E-state index contributed by atoms with van der Waals surface area (Å²) in [5.41, 5.74) is 0. The van der Waals surface area contributed by atoms with Crippen LogP contribution in [0.3, 0.4) is 0 Å². The molecule has 1 aromatic rings. The lowest BCUT2D eigenvalue weighted by Gasteiger charge is -2.01. The molecule has 11 heavy (non-hydrogen) atoms. The molecule has 0 fully saturated rings. The van der Waals surface area contributed by atoms with Gasteiger partial charge in [0.15, 0.2) is 0 Å². The van der Waals surface area contributed by atoms with Gasteiger partial charge >= 0.3 is 0 Å². The summed E-state index contributed by atoms with van der Waals surface area (Å²) in [4.78, 5) is 4.29. The SMILES string of the molecule is CC(C)Cc1nc(I)nn1C. The van der Waals surface area contributed by atoms with Crippen molar-refractivity contribution in [3.05, 3.63) is 9.66 Å². The smallest absolute Gasteiger partial charge is 0.211 e. The van der Waals surface area contributed by atoms with Gasteiger partial charge in [0.25, 0.3) is 0 Å². The first-order chi connectivity index (χ1) is 5.09. The Hall–Kier alpha value is -0.130. The van der Waals surface area contributed by atoms with Crippen LogP contribution in [0.5, 0.6) is 0 Å². The number of hydrogen-bond acceptors (Lipinski definition) is 2. The Bertz CT molecular complexity index is 242. The maximum atomic E-state index is 4.29. The van der Waals surface area contributed by atoms with E-state index in [9.17, 15) is 0 Å². The van der Waals surface area contributed by atoms with Gasteiger partial charge in [-0.25, -0.2) is 4.98 Å². The van der Waals surface area contributed by atoms with Crippen LogP contribution in [-0.2, 0) is 13.5 Å². The molecule has 0 bridgehead atoms. The van der Waals surface area contributed by atoms with Crippen molar-refractivity contribution in [2.24, 2.45) is 13.0 Å². The van der Waals surface area contributed by atoms with E-state index in [1.165, 1.54) is 0 Å². The van der Waals surface area contributed by atoms with E-state index in [1.54, 1.807) is 0 Å². The van der Waals surface area contributed by atoms with Gasteiger partial charge in [0, 0.05) is 36.1 Å². The summed E-state index contributed by atoms with van der Waals surface area (Å²) in [5, 5.41) is 4.16.